The number of nitrogens with one attached hydrogen (secondary N) is 1. The van der Waals surface area contributed by atoms with E-state index < -0.39 is 0 Å². The van der Waals surface area contributed by atoms with E-state index in [0.717, 1.165) is 32.0 Å². The fraction of sp³-hybridized carbons (Fsp3) is 1.00. The molecule has 1 N–H and O–H groups in total. The Labute approximate surface area is 114 Å². The van der Waals surface area contributed by atoms with Crippen molar-refractivity contribution in [3.8, 4) is 0 Å². The summed E-state index contributed by atoms with van der Waals surface area (Å²) in [5.74, 6) is 0.725. The molecule has 0 spiro atoms. The maximum absolute atomic E-state index is 5.51. The Kier molecular flexibility index (Phi) is 10.7. The van der Waals surface area contributed by atoms with Crippen LogP contribution in [0.25, 0.3) is 0 Å². The average Bonchev–Trinajstić information content (AvgIpc) is 2.33. The lowest BCUT2D eigenvalue weighted by Crippen LogP contribution is -2.33. The van der Waals surface area contributed by atoms with Crippen LogP contribution in [0, 0.1) is 11.3 Å². The quantitative estimate of drug-likeness (QED) is 0.546. The predicted molar refractivity (Wildman–Crippen MR) is 78.0 cm³/mol. The van der Waals surface area contributed by atoms with Crippen molar-refractivity contribution in [2.24, 2.45) is 11.3 Å². The van der Waals surface area contributed by atoms with Crippen LogP contribution in [0.3, 0.4) is 0 Å². The van der Waals surface area contributed by atoms with Crippen molar-refractivity contribution in [1.29, 1.82) is 0 Å². The summed E-state index contributed by atoms with van der Waals surface area (Å²) in [6, 6.07) is 0. The Morgan fingerprint density at radius 3 is 2.44 bits per heavy atom. The van der Waals surface area contributed by atoms with Gasteiger partial charge in [-0.3, -0.25) is 0 Å². The SMILES string of the molecule is CCC(C)(CCCOCCOC)CNCC(C)C. The summed E-state index contributed by atoms with van der Waals surface area (Å²) in [5, 5.41) is 3.58. The van der Waals surface area contributed by atoms with Crippen molar-refractivity contribution in [3.63, 3.8) is 0 Å². The molecule has 0 rings (SSSR count). The van der Waals surface area contributed by atoms with Crippen LogP contribution in [0.4, 0.5) is 0 Å². The lowest BCUT2D eigenvalue weighted by molar-refractivity contribution is 0.0638. The fourth-order valence-electron chi connectivity index (χ4n) is 1.90. The number of rotatable bonds is 12. The van der Waals surface area contributed by atoms with E-state index in [4.69, 9.17) is 9.47 Å². The maximum atomic E-state index is 5.51. The Bertz CT molecular complexity index is 185. The zero-order valence-electron chi connectivity index (χ0n) is 13.1. The van der Waals surface area contributed by atoms with E-state index >= 15 is 0 Å². The molecule has 0 fully saturated rings. The van der Waals surface area contributed by atoms with E-state index in [-0.39, 0.29) is 0 Å². The van der Waals surface area contributed by atoms with Crippen LogP contribution in [0.2, 0.25) is 0 Å². The van der Waals surface area contributed by atoms with E-state index in [1.165, 1.54) is 12.8 Å². The first-order valence-electron chi connectivity index (χ1n) is 7.31. The van der Waals surface area contributed by atoms with Crippen LogP contribution in [0.5, 0.6) is 0 Å². The molecular weight excluding hydrogens is 226 g/mol. The second-order valence-corrected chi connectivity index (χ2v) is 5.90. The molecular formula is C15H33NO2. The fourth-order valence-corrected chi connectivity index (χ4v) is 1.90. The molecule has 0 aliphatic heterocycles. The van der Waals surface area contributed by atoms with Crippen molar-refractivity contribution in [3.05, 3.63) is 0 Å². The molecule has 0 aliphatic carbocycles. The predicted octanol–water partition coefficient (Wildman–Crippen LogP) is 3.09. The molecule has 18 heavy (non-hydrogen) atoms. The first kappa shape index (κ1) is 17.9. The van der Waals surface area contributed by atoms with E-state index in [2.05, 4.69) is 33.0 Å². The lowest BCUT2D eigenvalue weighted by Gasteiger charge is -2.29. The molecule has 3 nitrogen and oxygen atoms in total. The molecule has 0 aromatic heterocycles. The molecule has 0 saturated heterocycles. The van der Waals surface area contributed by atoms with Crippen LogP contribution < -0.4 is 5.32 Å². The summed E-state index contributed by atoms with van der Waals surface area (Å²) < 4.78 is 10.5. The van der Waals surface area contributed by atoms with Crippen LogP contribution >= 0.6 is 0 Å². The topological polar surface area (TPSA) is 30.5 Å². The molecule has 0 heterocycles. The van der Waals surface area contributed by atoms with Gasteiger partial charge in [-0.2, -0.15) is 0 Å². The van der Waals surface area contributed by atoms with Gasteiger partial charge in [-0.15, -0.1) is 0 Å². The highest BCUT2D eigenvalue weighted by Gasteiger charge is 2.21. The first-order valence-corrected chi connectivity index (χ1v) is 7.31. The van der Waals surface area contributed by atoms with Gasteiger partial charge in [0, 0.05) is 20.3 Å². The Balaban J connectivity index is 3.65. The van der Waals surface area contributed by atoms with E-state index in [1.807, 2.05) is 0 Å². The molecule has 0 aromatic rings. The van der Waals surface area contributed by atoms with Gasteiger partial charge in [-0.1, -0.05) is 27.7 Å². The average molecular weight is 259 g/mol. The second kappa shape index (κ2) is 10.8. The molecule has 0 aliphatic rings. The van der Waals surface area contributed by atoms with Crippen molar-refractivity contribution in [1.82, 2.24) is 5.32 Å². The van der Waals surface area contributed by atoms with Crippen molar-refractivity contribution in [2.45, 2.75) is 47.0 Å². The van der Waals surface area contributed by atoms with Gasteiger partial charge in [0.05, 0.1) is 13.2 Å². The molecule has 0 saturated carbocycles. The number of methoxy groups -OCH3 is 1. The minimum atomic E-state index is 0.402. The third-order valence-electron chi connectivity index (χ3n) is 3.46. The van der Waals surface area contributed by atoms with Crippen LogP contribution in [0.15, 0.2) is 0 Å². The van der Waals surface area contributed by atoms with Gasteiger partial charge in [0.2, 0.25) is 0 Å². The molecule has 110 valence electrons. The molecule has 1 unspecified atom stereocenters. The summed E-state index contributed by atoms with van der Waals surface area (Å²) in [6.45, 7) is 13.6. The summed E-state index contributed by atoms with van der Waals surface area (Å²) in [6.07, 6.45) is 3.58. The highest BCUT2D eigenvalue weighted by atomic mass is 16.5. The zero-order valence-corrected chi connectivity index (χ0v) is 13.1. The van der Waals surface area contributed by atoms with E-state index in [9.17, 15) is 0 Å². The summed E-state index contributed by atoms with van der Waals surface area (Å²) >= 11 is 0. The van der Waals surface area contributed by atoms with Gasteiger partial charge in [0.15, 0.2) is 0 Å². The Morgan fingerprint density at radius 2 is 1.89 bits per heavy atom. The summed E-state index contributed by atoms with van der Waals surface area (Å²) in [7, 11) is 1.71. The Hall–Kier alpha value is -0.120. The highest BCUT2D eigenvalue weighted by Crippen LogP contribution is 2.26. The molecule has 0 amide bonds. The molecule has 1 atom stereocenters. The molecule has 0 radical (unpaired) electrons. The third kappa shape index (κ3) is 9.86. The van der Waals surface area contributed by atoms with E-state index in [0.29, 0.717) is 18.6 Å². The van der Waals surface area contributed by atoms with Crippen LogP contribution in [0.1, 0.15) is 47.0 Å². The second-order valence-electron chi connectivity index (χ2n) is 5.90. The van der Waals surface area contributed by atoms with Gasteiger partial charge < -0.3 is 14.8 Å². The van der Waals surface area contributed by atoms with Crippen LogP contribution in [-0.4, -0.2) is 40.0 Å². The lowest BCUT2D eigenvalue weighted by atomic mass is 9.82. The zero-order chi connectivity index (χ0) is 13.9. The molecule has 3 heteroatoms. The largest absolute Gasteiger partial charge is 0.382 e. The molecule has 0 bridgehead atoms. The van der Waals surface area contributed by atoms with Gasteiger partial charge in [0.25, 0.3) is 0 Å². The minimum absolute atomic E-state index is 0.402. The van der Waals surface area contributed by atoms with Gasteiger partial charge in [0.1, 0.15) is 0 Å². The Morgan fingerprint density at radius 1 is 1.17 bits per heavy atom. The number of hydrogen-bond acceptors (Lipinski definition) is 3. The number of ether oxygens (including phenoxy) is 2. The van der Waals surface area contributed by atoms with Gasteiger partial charge >= 0.3 is 0 Å². The smallest absolute Gasteiger partial charge is 0.0700 e. The highest BCUT2D eigenvalue weighted by molar-refractivity contribution is 4.75. The van der Waals surface area contributed by atoms with Gasteiger partial charge in [-0.25, -0.2) is 0 Å². The van der Waals surface area contributed by atoms with Crippen molar-refractivity contribution < 1.29 is 9.47 Å². The molecule has 0 aromatic carbocycles. The van der Waals surface area contributed by atoms with E-state index in [1.54, 1.807) is 7.11 Å². The van der Waals surface area contributed by atoms with Crippen LogP contribution in [-0.2, 0) is 9.47 Å². The van der Waals surface area contributed by atoms with Gasteiger partial charge in [-0.05, 0) is 37.1 Å². The first-order chi connectivity index (χ1) is 8.54. The standard InChI is InChI=1S/C15H33NO2/c1-6-15(4,13-16-12-14(2)3)8-7-9-18-11-10-17-5/h14,16H,6-13H2,1-5H3. The normalized spacial score (nSPS) is 15.0. The summed E-state index contributed by atoms with van der Waals surface area (Å²) in [5.41, 5.74) is 0.402. The minimum Gasteiger partial charge on any atom is -0.382 e. The number of hydrogen-bond donors (Lipinski definition) is 1. The monoisotopic (exact) mass is 259 g/mol. The van der Waals surface area contributed by atoms with Crippen molar-refractivity contribution >= 4 is 0 Å². The third-order valence-corrected chi connectivity index (χ3v) is 3.46. The summed E-state index contributed by atoms with van der Waals surface area (Å²) in [4.78, 5) is 0. The maximum Gasteiger partial charge on any atom is 0.0700 e. The van der Waals surface area contributed by atoms with Crippen molar-refractivity contribution in [2.75, 3.05) is 40.0 Å².